The lowest BCUT2D eigenvalue weighted by Crippen LogP contribution is -2.24. The summed E-state index contributed by atoms with van der Waals surface area (Å²) in [6.45, 7) is 1.92. The van der Waals surface area contributed by atoms with Gasteiger partial charge in [-0.1, -0.05) is 18.2 Å². The standard InChI is InChI=1S/C20H23NO4/c1-14(16-8-11-18(24-3)19(13-16)25-4)21-20(22)12-7-15-5-9-17(23-2)10-6-15/h5-14H,1-4H3,(H,21,22)/b12-7+/t14-/m0/s1. The van der Waals surface area contributed by atoms with Gasteiger partial charge in [0.05, 0.1) is 27.4 Å². The van der Waals surface area contributed by atoms with Crippen LogP contribution in [0.1, 0.15) is 24.1 Å². The van der Waals surface area contributed by atoms with Gasteiger partial charge < -0.3 is 19.5 Å². The van der Waals surface area contributed by atoms with Gasteiger partial charge in [0.1, 0.15) is 5.75 Å². The Balaban J connectivity index is 2.00. The highest BCUT2D eigenvalue weighted by molar-refractivity contribution is 5.92. The lowest BCUT2D eigenvalue weighted by atomic mass is 10.1. The number of methoxy groups -OCH3 is 3. The largest absolute Gasteiger partial charge is 0.497 e. The maximum Gasteiger partial charge on any atom is 0.244 e. The molecule has 2 aromatic rings. The summed E-state index contributed by atoms with van der Waals surface area (Å²) in [7, 11) is 4.79. The molecule has 0 saturated heterocycles. The van der Waals surface area contributed by atoms with Crippen molar-refractivity contribution < 1.29 is 19.0 Å². The molecule has 1 amide bonds. The number of rotatable bonds is 7. The van der Waals surface area contributed by atoms with E-state index >= 15 is 0 Å². The highest BCUT2D eigenvalue weighted by Crippen LogP contribution is 2.29. The molecule has 0 aliphatic rings. The van der Waals surface area contributed by atoms with Crippen LogP contribution in [0.4, 0.5) is 0 Å². The second kappa shape index (κ2) is 8.78. The Morgan fingerprint density at radius 3 is 2.24 bits per heavy atom. The summed E-state index contributed by atoms with van der Waals surface area (Å²) in [4.78, 5) is 12.1. The summed E-state index contributed by atoms with van der Waals surface area (Å²) in [6.07, 6.45) is 3.27. The lowest BCUT2D eigenvalue weighted by Gasteiger charge is -2.15. The highest BCUT2D eigenvalue weighted by atomic mass is 16.5. The van der Waals surface area contributed by atoms with Crippen LogP contribution in [0.3, 0.4) is 0 Å². The van der Waals surface area contributed by atoms with Gasteiger partial charge in [0, 0.05) is 6.08 Å². The minimum atomic E-state index is -0.168. The summed E-state index contributed by atoms with van der Waals surface area (Å²) in [6, 6.07) is 12.9. The Labute approximate surface area is 148 Å². The number of hydrogen-bond donors (Lipinski definition) is 1. The summed E-state index contributed by atoms with van der Waals surface area (Å²) in [5.74, 6) is 1.90. The zero-order valence-electron chi connectivity index (χ0n) is 14.9. The Kier molecular flexibility index (Phi) is 6.46. The van der Waals surface area contributed by atoms with Crippen LogP contribution in [-0.4, -0.2) is 27.2 Å². The Morgan fingerprint density at radius 1 is 0.960 bits per heavy atom. The van der Waals surface area contributed by atoms with Crippen LogP contribution in [-0.2, 0) is 4.79 Å². The van der Waals surface area contributed by atoms with E-state index in [1.165, 1.54) is 6.08 Å². The van der Waals surface area contributed by atoms with Crippen molar-refractivity contribution in [1.29, 1.82) is 0 Å². The molecule has 0 aliphatic carbocycles. The molecule has 2 rings (SSSR count). The van der Waals surface area contributed by atoms with E-state index in [-0.39, 0.29) is 11.9 Å². The molecule has 0 saturated carbocycles. The fourth-order valence-corrected chi connectivity index (χ4v) is 2.35. The van der Waals surface area contributed by atoms with Crippen molar-refractivity contribution in [3.05, 3.63) is 59.7 Å². The van der Waals surface area contributed by atoms with Crippen LogP contribution < -0.4 is 19.5 Å². The van der Waals surface area contributed by atoms with Crippen LogP contribution in [0.15, 0.2) is 48.5 Å². The van der Waals surface area contributed by atoms with Crippen LogP contribution in [0.2, 0.25) is 0 Å². The first-order valence-corrected chi connectivity index (χ1v) is 7.92. The van der Waals surface area contributed by atoms with Gasteiger partial charge in [-0.2, -0.15) is 0 Å². The second-order valence-electron chi connectivity index (χ2n) is 5.45. The molecule has 0 unspecified atom stereocenters. The molecule has 0 aromatic heterocycles. The predicted octanol–water partition coefficient (Wildman–Crippen LogP) is 3.60. The molecule has 0 spiro atoms. The van der Waals surface area contributed by atoms with E-state index in [0.29, 0.717) is 11.5 Å². The molecule has 0 aliphatic heterocycles. The Bertz CT molecular complexity index is 738. The Morgan fingerprint density at radius 2 is 1.64 bits per heavy atom. The maximum atomic E-state index is 12.1. The summed E-state index contributed by atoms with van der Waals surface area (Å²) < 4.78 is 15.6. The van der Waals surface area contributed by atoms with E-state index in [1.54, 1.807) is 27.4 Å². The van der Waals surface area contributed by atoms with Crippen molar-refractivity contribution in [3.8, 4) is 17.2 Å². The average Bonchev–Trinajstić information content (AvgIpc) is 2.66. The van der Waals surface area contributed by atoms with Gasteiger partial charge in [0.15, 0.2) is 11.5 Å². The molecule has 1 atom stereocenters. The van der Waals surface area contributed by atoms with E-state index < -0.39 is 0 Å². The number of carbonyl (C=O) groups is 1. The maximum absolute atomic E-state index is 12.1. The molecular formula is C20H23NO4. The zero-order valence-corrected chi connectivity index (χ0v) is 14.9. The van der Waals surface area contributed by atoms with Crippen molar-refractivity contribution in [2.45, 2.75) is 13.0 Å². The fourth-order valence-electron chi connectivity index (χ4n) is 2.35. The van der Waals surface area contributed by atoms with Crippen LogP contribution in [0, 0.1) is 0 Å². The topological polar surface area (TPSA) is 56.8 Å². The number of benzene rings is 2. The summed E-state index contributed by atoms with van der Waals surface area (Å²) in [5, 5.41) is 2.93. The molecule has 2 aromatic carbocycles. The van der Waals surface area contributed by atoms with Crippen LogP contribution in [0.25, 0.3) is 6.08 Å². The molecular weight excluding hydrogens is 318 g/mol. The van der Waals surface area contributed by atoms with E-state index in [2.05, 4.69) is 5.32 Å². The summed E-state index contributed by atoms with van der Waals surface area (Å²) in [5.41, 5.74) is 1.86. The van der Waals surface area contributed by atoms with Crippen LogP contribution >= 0.6 is 0 Å². The first-order valence-electron chi connectivity index (χ1n) is 7.92. The monoisotopic (exact) mass is 341 g/mol. The molecule has 0 heterocycles. The molecule has 1 N–H and O–H groups in total. The average molecular weight is 341 g/mol. The lowest BCUT2D eigenvalue weighted by molar-refractivity contribution is -0.117. The van der Waals surface area contributed by atoms with E-state index in [0.717, 1.165) is 16.9 Å². The van der Waals surface area contributed by atoms with Gasteiger partial charge in [0.2, 0.25) is 5.91 Å². The number of nitrogens with one attached hydrogen (secondary N) is 1. The van der Waals surface area contributed by atoms with Crippen molar-refractivity contribution >= 4 is 12.0 Å². The molecule has 25 heavy (non-hydrogen) atoms. The van der Waals surface area contributed by atoms with Crippen molar-refractivity contribution in [1.82, 2.24) is 5.32 Å². The normalized spacial score (nSPS) is 11.8. The molecule has 0 bridgehead atoms. The van der Waals surface area contributed by atoms with E-state index in [1.807, 2.05) is 49.4 Å². The number of hydrogen-bond acceptors (Lipinski definition) is 4. The first-order chi connectivity index (χ1) is 12.1. The third kappa shape index (κ3) is 5.01. The van der Waals surface area contributed by atoms with Gasteiger partial charge in [-0.05, 0) is 48.4 Å². The van der Waals surface area contributed by atoms with Crippen molar-refractivity contribution in [2.75, 3.05) is 21.3 Å². The fraction of sp³-hybridized carbons (Fsp3) is 0.250. The predicted molar refractivity (Wildman–Crippen MR) is 98.1 cm³/mol. The first kappa shape index (κ1) is 18.4. The quantitative estimate of drug-likeness (QED) is 0.782. The van der Waals surface area contributed by atoms with Gasteiger partial charge in [-0.15, -0.1) is 0 Å². The molecule has 0 radical (unpaired) electrons. The van der Waals surface area contributed by atoms with Gasteiger partial charge in [0.25, 0.3) is 0 Å². The molecule has 132 valence electrons. The highest BCUT2D eigenvalue weighted by Gasteiger charge is 2.11. The molecule has 5 nitrogen and oxygen atoms in total. The number of amides is 1. The minimum absolute atomic E-state index is 0.159. The van der Waals surface area contributed by atoms with Gasteiger partial charge in [-0.3, -0.25) is 4.79 Å². The van der Waals surface area contributed by atoms with E-state index in [4.69, 9.17) is 14.2 Å². The zero-order chi connectivity index (χ0) is 18.2. The molecule has 5 heteroatoms. The van der Waals surface area contributed by atoms with Crippen molar-refractivity contribution in [3.63, 3.8) is 0 Å². The summed E-state index contributed by atoms with van der Waals surface area (Å²) >= 11 is 0. The molecule has 0 fully saturated rings. The Hall–Kier alpha value is -2.95. The van der Waals surface area contributed by atoms with E-state index in [9.17, 15) is 4.79 Å². The number of carbonyl (C=O) groups excluding carboxylic acids is 1. The smallest absolute Gasteiger partial charge is 0.244 e. The third-order valence-electron chi connectivity index (χ3n) is 3.81. The number of ether oxygens (including phenoxy) is 3. The van der Waals surface area contributed by atoms with Crippen LogP contribution in [0.5, 0.6) is 17.2 Å². The SMILES string of the molecule is COc1ccc(/C=C/C(=O)N[C@@H](C)c2ccc(OC)c(OC)c2)cc1. The second-order valence-corrected chi connectivity index (χ2v) is 5.45. The van der Waals surface area contributed by atoms with Gasteiger partial charge >= 0.3 is 0 Å². The third-order valence-corrected chi connectivity index (χ3v) is 3.81. The van der Waals surface area contributed by atoms with Gasteiger partial charge in [-0.25, -0.2) is 0 Å². The minimum Gasteiger partial charge on any atom is -0.497 e. The van der Waals surface area contributed by atoms with Crippen molar-refractivity contribution in [2.24, 2.45) is 0 Å².